The van der Waals surface area contributed by atoms with Gasteiger partial charge in [-0.15, -0.1) is 0 Å². The third kappa shape index (κ3) is 11.1. The van der Waals surface area contributed by atoms with E-state index in [2.05, 4.69) is 10.6 Å². The molecule has 3 atom stereocenters. The molecule has 12 heteroatoms. The molecule has 0 spiro atoms. The third-order valence-corrected chi connectivity index (χ3v) is 3.88. The van der Waals surface area contributed by atoms with E-state index in [-0.39, 0.29) is 25.7 Å². The predicted molar refractivity (Wildman–Crippen MR) is 97.7 cm³/mol. The van der Waals surface area contributed by atoms with Crippen LogP contribution in [0.2, 0.25) is 0 Å². The summed E-state index contributed by atoms with van der Waals surface area (Å²) in [5.41, 5.74) is 16.1. The molecule has 0 heterocycles. The van der Waals surface area contributed by atoms with Crippen LogP contribution in [0.1, 0.15) is 44.9 Å². The molecule has 0 aliphatic heterocycles. The van der Waals surface area contributed by atoms with E-state index in [0.29, 0.717) is 19.4 Å². The standard InChI is InChI=1S/C16H29N5O7/c17-8-2-1-3-10(20-14(25)9(18)4-6-12(19)22)15(26)21-11(16(27)28)5-7-13(23)24/h9-11H,1-8,17-18H2,(H2,19,22)(H,20,25)(H,21,26)(H,23,24)(H,27,28)/t9-,10-,11-/m0/s1. The number of carboxylic acid groups (broad SMARTS) is 2. The first-order chi connectivity index (χ1) is 13.1. The van der Waals surface area contributed by atoms with Crippen LogP contribution < -0.4 is 27.8 Å². The number of hydrogen-bond donors (Lipinski definition) is 7. The van der Waals surface area contributed by atoms with Crippen molar-refractivity contribution >= 4 is 29.7 Å². The highest BCUT2D eigenvalue weighted by Crippen LogP contribution is 2.05. The molecule has 0 saturated heterocycles. The lowest BCUT2D eigenvalue weighted by Gasteiger charge is -2.22. The fraction of sp³-hybridized carbons (Fsp3) is 0.688. The smallest absolute Gasteiger partial charge is 0.326 e. The number of carbonyl (C=O) groups is 5. The van der Waals surface area contributed by atoms with Crippen molar-refractivity contribution in [2.75, 3.05) is 6.54 Å². The molecule has 0 aliphatic rings. The van der Waals surface area contributed by atoms with E-state index >= 15 is 0 Å². The van der Waals surface area contributed by atoms with Gasteiger partial charge in [-0.2, -0.15) is 0 Å². The number of primary amides is 1. The Balaban J connectivity index is 5.00. The van der Waals surface area contributed by atoms with Crippen molar-refractivity contribution < 1.29 is 34.2 Å². The van der Waals surface area contributed by atoms with Crippen molar-refractivity contribution in [3.63, 3.8) is 0 Å². The zero-order chi connectivity index (χ0) is 21.7. The van der Waals surface area contributed by atoms with Gasteiger partial charge in [0.2, 0.25) is 17.7 Å². The Labute approximate surface area is 162 Å². The molecule has 0 rings (SSSR count). The van der Waals surface area contributed by atoms with E-state index < -0.39 is 54.2 Å². The maximum atomic E-state index is 12.4. The van der Waals surface area contributed by atoms with Crippen LogP contribution in [0.3, 0.4) is 0 Å². The van der Waals surface area contributed by atoms with Crippen molar-refractivity contribution in [2.24, 2.45) is 17.2 Å². The number of rotatable bonds is 15. The maximum Gasteiger partial charge on any atom is 0.326 e. The van der Waals surface area contributed by atoms with E-state index in [1.165, 1.54) is 0 Å². The van der Waals surface area contributed by atoms with Gasteiger partial charge in [-0.05, 0) is 38.6 Å². The molecule has 12 nitrogen and oxygen atoms in total. The largest absolute Gasteiger partial charge is 0.481 e. The summed E-state index contributed by atoms with van der Waals surface area (Å²) in [7, 11) is 0. The SMILES string of the molecule is NCCCC[C@H](NC(=O)[C@@H](N)CCC(N)=O)C(=O)N[C@@H](CCC(=O)O)C(=O)O. The average Bonchev–Trinajstić information content (AvgIpc) is 2.61. The minimum Gasteiger partial charge on any atom is -0.481 e. The van der Waals surface area contributed by atoms with Crippen molar-refractivity contribution in [3.8, 4) is 0 Å². The lowest BCUT2D eigenvalue weighted by molar-refractivity contribution is -0.143. The molecular weight excluding hydrogens is 374 g/mol. The van der Waals surface area contributed by atoms with Crippen molar-refractivity contribution in [1.29, 1.82) is 0 Å². The summed E-state index contributed by atoms with van der Waals surface area (Å²) in [5.74, 6) is -4.67. The van der Waals surface area contributed by atoms with E-state index in [4.69, 9.17) is 27.4 Å². The molecule has 28 heavy (non-hydrogen) atoms. The molecule has 160 valence electrons. The molecule has 0 aliphatic carbocycles. The van der Waals surface area contributed by atoms with Crippen LogP contribution in [0.25, 0.3) is 0 Å². The normalized spacial score (nSPS) is 13.8. The Bertz CT molecular complexity index is 570. The average molecular weight is 403 g/mol. The first-order valence-corrected chi connectivity index (χ1v) is 8.87. The number of amides is 3. The van der Waals surface area contributed by atoms with Crippen LogP contribution in [-0.2, 0) is 24.0 Å². The summed E-state index contributed by atoms with van der Waals surface area (Å²) in [6.45, 7) is 0.372. The number of unbranched alkanes of at least 4 members (excludes halogenated alkanes) is 1. The first-order valence-electron chi connectivity index (χ1n) is 8.87. The number of aliphatic carboxylic acids is 2. The molecule has 0 bridgehead atoms. The van der Waals surface area contributed by atoms with Crippen LogP contribution in [0, 0.1) is 0 Å². The highest BCUT2D eigenvalue weighted by Gasteiger charge is 2.28. The highest BCUT2D eigenvalue weighted by molar-refractivity contribution is 5.92. The maximum absolute atomic E-state index is 12.4. The molecule has 0 radical (unpaired) electrons. The monoisotopic (exact) mass is 403 g/mol. The molecule has 0 aromatic carbocycles. The fourth-order valence-corrected chi connectivity index (χ4v) is 2.27. The minimum absolute atomic E-state index is 0.00529. The number of hydrogen-bond acceptors (Lipinski definition) is 7. The van der Waals surface area contributed by atoms with Gasteiger partial charge in [0.05, 0.1) is 6.04 Å². The van der Waals surface area contributed by atoms with E-state index in [9.17, 15) is 24.0 Å². The second kappa shape index (κ2) is 13.4. The minimum atomic E-state index is -1.42. The van der Waals surface area contributed by atoms with Gasteiger partial charge in [0.1, 0.15) is 12.1 Å². The summed E-state index contributed by atoms with van der Waals surface area (Å²) in [6.07, 6.45) is 0.386. The van der Waals surface area contributed by atoms with Gasteiger partial charge in [0, 0.05) is 12.8 Å². The fourth-order valence-electron chi connectivity index (χ4n) is 2.27. The first kappa shape index (κ1) is 25.3. The van der Waals surface area contributed by atoms with Crippen molar-refractivity contribution in [2.45, 2.75) is 63.1 Å². The molecule has 3 amide bonds. The molecular formula is C16H29N5O7. The Hall–Kier alpha value is -2.73. The number of carboxylic acids is 2. The van der Waals surface area contributed by atoms with Gasteiger partial charge in [-0.1, -0.05) is 0 Å². The summed E-state index contributed by atoms with van der Waals surface area (Å²) >= 11 is 0. The zero-order valence-corrected chi connectivity index (χ0v) is 15.6. The zero-order valence-electron chi connectivity index (χ0n) is 15.6. The molecule has 0 saturated carbocycles. The predicted octanol–water partition coefficient (Wildman–Crippen LogP) is -2.37. The Morgan fingerprint density at radius 1 is 0.821 bits per heavy atom. The van der Waals surface area contributed by atoms with E-state index in [0.717, 1.165) is 0 Å². The van der Waals surface area contributed by atoms with Gasteiger partial charge < -0.3 is 38.0 Å². The Morgan fingerprint density at radius 3 is 1.93 bits per heavy atom. The quantitative estimate of drug-likeness (QED) is 0.145. The lowest BCUT2D eigenvalue weighted by atomic mass is 10.1. The molecule has 0 aromatic heterocycles. The molecule has 0 aromatic rings. The van der Waals surface area contributed by atoms with Crippen LogP contribution in [-0.4, -0.2) is 64.5 Å². The van der Waals surface area contributed by atoms with E-state index in [1.807, 2.05) is 0 Å². The molecule has 10 N–H and O–H groups in total. The molecule has 0 unspecified atom stereocenters. The number of carbonyl (C=O) groups excluding carboxylic acids is 3. The third-order valence-electron chi connectivity index (χ3n) is 3.88. The van der Waals surface area contributed by atoms with Crippen LogP contribution >= 0.6 is 0 Å². The topological polar surface area (TPSA) is 228 Å². The Morgan fingerprint density at radius 2 is 1.43 bits per heavy atom. The van der Waals surface area contributed by atoms with E-state index in [1.54, 1.807) is 0 Å². The number of nitrogens with one attached hydrogen (secondary N) is 2. The summed E-state index contributed by atoms with van der Waals surface area (Å²) in [4.78, 5) is 57.2. The highest BCUT2D eigenvalue weighted by atomic mass is 16.4. The second-order valence-corrected chi connectivity index (χ2v) is 6.29. The van der Waals surface area contributed by atoms with Crippen molar-refractivity contribution in [1.82, 2.24) is 10.6 Å². The van der Waals surface area contributed by atoms with Gasteiger partial charge in [-0.25, -0.2) is 4.79 Å². The summed E-state index contributed by atoms with van der Waals surface area (Å²) in [5, 5.41) is 22.5. The van der Waals surface area contributed by atoms with Gasteiger partial charge in [0.15, 0.2) is 0 Å². The van der Waals surface area contributed by atoms with Crippen LogP contribution in [0.15, 0.2) is 0 Å². The summed E-state index contributed by atoms with van der Waals surface area (Å²) < 4.78 is 0. The van der Waals surface area contributed by atoms with Gasteiger partial charge in [0.25, 0.3) is 0 Å². The van der Waals surface area contributed by atoms with Gasteiger partial charge >= 0.3 is 11.9 Å². The summed E-state index contributed by atoms with van der Waals surface area (Å²) in [6, 6.07) is -3.56. The van der Waals surface area contributed by atoms with Gasteiger partial charge in [-0.3, -0.25) is 19.2 Å². The van der Waals surface area contributed by atoms with Crippen LogP contribution in [0.5, 0.6) is 0 Å². The molecule has 0 fully saturated rings. The number of nitrogens with two attached hydrogens (primary N) is 3. The van der Waals surface area contributed by atoms with Crippen molar-refractivity contribution in [3.05, 3.63) is 0 Å². The van der Waals surface area contributed by atoms with Crippen LogP contribution in [0.4, 0.5) is 0 Å². The second-order valence-electron chi connectivity index (χ2n) is 6.29. The lowest BCUT2D eigenvalue weighted by Crippen LogP contribution is -2.54. The Kier molecular flexibility index (Phi) is 12.1.